The number of aryl methyl sites for hydroxylation is 1. The third kappa shape index (κ3) is 5.62. The van der Waals surface area contributed by atoms with Crippen molar-refractivity contribution in [2.24, 2.45) is 0 Å². The molecule has 0 fully saturated rings. The first-order valence-corrected chi connectivity index (χ1v) is 6.05. The minimum absolute atomic E-state index is 1.02. The molecule has 0 nitrogen and oxygen atoms in total. The van der Waals surface area contributed by atoms with Gasteiger partial charge in [-0.2, -0.15) is 0 Å². The van der Waals surface area contributed by atoms with Crippen LogP contribution in [0.15, 0.2) is 65.6 Å². The van der Waals surface area contributed by atoms with Gasteiger partial charge in [0.25, 0.3) is 0 Å². The van der Waals surface area contributed by atoms with E-state index in [1.807, 2.05) is 30.3 Å². The second-order valence-corrected chi connectivity index (χ2v) is 4.09. The van der Waals surface area contributed by atoms with Crippen molar-refractivity contribution < 1.29 is 0 Å². The molecule has 2 aromatic carbocycles. The van der Waals surface area contributed by atoms with Gasteiger partial charge in [-0.3, -0.25) is 0 Å². The Labute approximate surface area is 104 Å². The summed E-state index contributed by atoms with van der Waals surface area (Å²) in [7, 11) is 0. The largest absolute Gasteiger partial charge is 0.143 e. The second-order valence-electron chi connectivity index (χ2n) is 3.57. The van der Waals surface area contributed by atoms with E-state index in [9.17, 15) is 0 Å². The van der Waals surface area contributed by atoms with Crippen molar-refractivity contribution in [3.05, 3.63) is 66.2 Å². The molecule has 0 aliphatic heterocycles. The van der Waals surface area contributed by atoms with Crippen molar-refractivity contribution in [1.82, 2.24) is 0 Å². The Morgan fingerprint density at radius 1 is 0.812 bits per heavy atom. The molecule has 0 aliphatic carbocycles. The molecule has 0 amide bonds. The average molecular weight is 230 g/mol. The molecular formula is C15H18S. The number of hydrogen-bond donors (Lipinski definition) is 1. The SMILES string of the molecule is CCCc1ccccc1.Sc1ccccc1. The Balaban J connectivity index is 0.000000165. The first-order chi connectivity index (χ1) is 7.83. The minimum Gasteiger partial charge on any atom is -0.143 e. The Hall–Kier alpha value is -1.21. The topological polar surface area (TPSA) is 0 Å². The van der Waals surface area contributed by atoms with Crippen LogP contribution in [-0.2, 0) is 6.42 Å². The summed E-state index contributed by atoms with van der Waals surface area (Å²) in [6, 6.07) is 20.4. The van der Waals surface area contributed by atoms with E-state index in [-0.39, 0.29) is 0 Å². The lowest BCUT2D eigenvalue weighted by Gasteiger charge is -1.93. The maximum Gasteiger partial charge on any atom is 0.00399 e. The molecule has 0 saturated carbocycles. The molecule has 0 bridgehead atoms. The lowest BCUT2D eigenvalue weighted by Crippen LogP contribution is -1.78. The standard InChI is InChI=1S/C9H12.C6H6S/c1-2-6-9-7-4-3-5-8-9;7-6-4-2-1-3-5-6/h3-5,7-8H,2,6H2,1H3;1-5,7H. The molecule has 0 spiro atoms. The maximum atomic E-state index is 4.08. The highest BCUT2D eigenvalue weighted by atomic mass is 32.1. The van der Waals surface area contributed by atoms with Crippen LogP contribution in [0.25, 0.3) is 0 Å². The van der Waals surface area contributed by atoms with E-state index in [2.05, 4.69) is 49.9 Å². The molecule has 0 aliphatic rings. The van der Waals surface area contributed by atoms with Crippen molar-refractivity contribution in [3.8, 4) is 0 Å². The van der Waals surface area contributed by atoms with Crippen LogP contribution in [0.2, 0.25) is 0 Å². The third-order valence-electron chi connectivity index (χ3n) is 2.14. The van der Waals surface area contributed by atoms with Gasteiger partial charge in [-0.05, 0) is 24.1 Å². The number of benzene rings is 2. The molecule has 0 atom stereocenters. The summed E-state index contributed by atoms with van der Waals surface area (Å²) in [5.41, 5.74) is 1.44. The van der Waals surface area contributed by atoms with Crippen LogP contribution in [0.5, 0.6) is 0 Å². The summed E-state index contributed by atoms with van der Waals surface area (Å²) in [5, 5.41) is 0. The molecule has 0 radical (unpaired) electrons. The van der Waals surface area contributed by atoms with Gasteiger partial charge < -0.3 is 0 Å². The van der Waals surface area contributed by atoms with Crippen molar-refractivity contribution in [2.45, 2.75) is 24.7 Å². The lowest BCUT2D eigenvalue weighted by molar-refractivity contribution is 0.922. The van der Waals surface area contributed by atoms with Crippen LogP contribution in [-0.4, -0.2) is 0 Å². The van der Waals surface area contributed by atoms with Crippen LogP contribution in [0.3, 0.4) is 0 Å². The highest BCUT2D eigenvalue weighted by Crippen LogP contribution is 2.01. The summed E-state index contributed by atoms with van der Waals surface area (Å²) in [5.74, 6) is 0. The van der Waals surface area contributed by atoms with Crippen LogP contribution in [0, 0.1) is 0 Å². The Morgan fingerprint density at radius 3 is 1.69 bits per heavy atom. The summed E-state index contributed by atoms with van der Waals surface area (Å²) in [6.07, 6.45) is 2.45. The van der Waals surface area contributed by atoms with Crippen molar-refractivity contribution in [2.75, 3.05) is 0 Å². The molecule has 16 heavy (non-hydrogen) atoms. The van der Waals surface area contributed by atoms with E-state index >= 15 is 0 Å². The zero-order valence-electron chi connectivity index (χ0n) is 9.63. The fourth-order valence-electron chi connectivity index (χ4n) is 1.36. The van der Waals surface area contributed by atoms with Gasteiger partial charge >= 0.3 is 0 Å². The van der Waals surface area contributed by atoms with Crippen molar-refractivity contribution >= 4 is 12.6 Å². The zero-order valence-corrected chi connectivity index (χ0v) is 10.5. The van der Waals surface area contributed by atoms with Crippen LogP contribution in [0.1, 0.15) is 18.9 Å². The molecule has 0 heterocycles. The highest BCUT2D eigenvalue weighted by molar-refractivity contribution is 7.80. The van der Waals surface area contributed by atoms with E-state index in [4.69, 9.17) is 0 Å². The summed E-state index contributed by atoms with van der Waals surface area (Å²) in [6.45, 7) is 2.20. The Bertz CT molecular complexity index is 367. The van der Waals surface area contributed by atoms with Gasteiger partial charge in [0.15, 0.2) is 0 Å². The van der Waals surface area contributed by atoms with Crippen LogP contribution < -0.4 is 0 Å². The van der Waals surface area contributed by atoms with Gasteiger partial charge in [0.2, 0.25) is 0 Å². The Kier molecular flexibility index (Phi) is 6.43. The van der Waals surface area contributed by atoms with E-state index in [1.54, 1.807) is 0 Å². The monoisotopic (exact) mass is 230 g/mol. The molecule has 2 aromatic rings. The fraction of sp³-hybridized carbons (Fsp3) is 0.200. The number of rotatable bonds is 2. The van der Waals surface area contributed by atoms with E-state index in [0.29, 0.717) is 0 Å². The van der Waals surface area contributed by atoms with Crippen molar-refractivity contribution in [1.29, 1.82) is 0 Å². The third-order valence-corrected chi connectivity index (χ3v) is 2.44. The minimum atomic E-state index is 1.02. The zero-order chi connectivity index (χ0) is 11.6. The van der Waals surface area contributed by atoms with Gasteiger partial charge in [-0.25, -0.2) is 0 Å². The average Bonchev–Trinajstić information content (AvgIpc) is 2.33. The number of hydrogen-bond acceptors (Lipinski definition) is 1. The summed E-state index contributed by atoms with van der Waals surface area (Å²) in [4.78, 5) is 1.02. The maximum absolute atomic E-state index is 4.08. The molecule has 0 aromatic heterocycles. The summed E-state index contributed by atoms with van der Waals surface area (Å²) >= 11 is 4.08. The van der Waals surface area contributed by atoms with Gasteiger partial charge in [0.05, 0.1) is 0 Å². The molecule has 84 valence electrons. The van der Waals surface area contributed by atoms with Gasteiger partial charge in [-0.1, -0.05) is 61.9 Å². The predicted octanol–water partition coefficient (Wildman–Crippen LogP) is 4.61. The summed E-state index contributed by atoms with van der Waals surface area (Å²) < 4.78 is 0. The van der Waals surface area contributed by atoms with E-state index < -0.39 is 0 Å². The van der Waals surface area contributed by atoms with E-state index in [0.717, 1.165) is 4.90 Å². The normalized spacial score (nSPS) is 9.12. The second kappa shape index (κ2) is 8.00. The van der Waals surface area contributed by atoms with Gasteiger partial charge in [-0.15, -0.1) is 12.6 Å². The molecular weight excluding hydrogens is 212 g/mol. The van der Waals surface area contributed by atoms with Crippen LogP contribution >= 0.6 is 12.6 Å². The van der Waals surface area contributed by atoms with Gasteiger partial charge in [0, 0.05) is 4.90 Å². The first kappa shape index (κ1) is 12.9. The quantitative estimate of drug-likeness (QED) is 0.715. The molecule has 0 saturated heterocycles. The smallest absolute Gasteiger partial charge is 0.00399 e. The van der Waals surface area contributed by atoms with E-state index in [1.165, 1.54) is 18.4 Å². The van der Waals surface area contributed by atoms with Crippen molar-refractivity contribution in [3.63, 3.8) is 0 Å². The number of thiol groups is 1. The first-order valence-electron chi connectivity index (χ1n) is 5.61. The van der Waals surface area contributed by atoms with Gasteiger partial charge in [0.1, 0.15) is 0 Å². The highest BCUT2D eigenvalue weighted by Gasteiger charge is 1.84. The fourth-order valence-corrected chi connectivity index (χ4v) is 1.53. The van der Waals surface area contributed by atoms with Crippen LogP contribution in [0.4, 0.5) is 0 Å². The molecule has 1 heteroatoms. The molecule has 0 unspecified atom stereocenters. The lowest BCUT2D eigenvalue weighted by atomic mass is 10.1. The predicted molar refractivity (Wildman–Crippen MR) is 74.1 cm³/mol. The Morgan fingerprint density at radius 2 is 1.31 bits per heavy atom. The molecule has 0 N–H and O–H groups in total. The molecule has 2 rings (SSSR count).